The van der Waals surface area contributed by atoms with Gasteiger partial charge in [-0.15, -0.1) is 0 Å². The van der Waals surface area contributed by atoms with Crippen molar-refractivity contribution < 1.29 is 27.4 Å². The molecule has 2 aliphatic rings. The van der Waals surface area contributed by atoms with Crippen LogP contribution < -0.4 is 14.8 Å². The molecule has 1 amide bonds. The number of benzene rings is 1. The van der Waals surface area contributed by atoms with Crippen molar-refractivity contribution >= 4 is 5.91 Å². The Morgan fingerprint density at radius 2 is 1.92 bits per heavy atom. The van der Waals surface area contributed by atoms with E-state index in [0.29, 0.717) is 44.0 Å². The van der Waals surface area contributed by atoms with E-state index >= 15 is 0 Å². The molecule has 0 aliphatic carbocycles. The predicted molar refractivity (Wildman–Crippen MR) is 84.2 cm³/mol. The van der Waals surface area contributed by atoms with Gasteiger partial charge < -0.3 is 14.8 Å². The number of ether oxygens (including phenoxy) is 2. The minimum Gasteiger partial charge on any atom is -0.454 e. The lowest BCUT2D eigenvalue weighted by Gasteiger charge is -2.31. The predicted octanol–water partition coefficient (Wildman–Crippen LogP) is 2.70. The molecule has 25 heavy (non-hydrogen) atoms. The van der Waals surface area contributed by atoms with Crippen LogP contribution in [0.5, 0.6) is 11.5 Å². The largest absolute Gasteiger partial charge is 0.454 e. The average Bonchev–Trinajstić information content (AvgIpc) is 3.01. The minimum atomic E-state index is -4.10. The van der Waals surface area contributed by atoms with Crippen molar-refractivity contribution in [3.05, 3.63) is 23.8 Å². The number of fused-ring (bicyclic) bond motifs is 1. The summed E-state index contributed by atoms with van der Waals surface area (Å²) in [6.45, 7) is 1.84. The number of nitrogens with zero attached hydrogens (tertiary/aromatic N) is 1. The van der Waals surface area contributed by atoms with Crippen LogP contribution in [0.4, 0.5) is 13.2 Å². The van der Waals surface area contributed by atoms with E-state index in [1.807, 2.05) is 17.0 Å². The number of rotatable bonds is 5. The Hall–Kier alpha value is -1.96. The third kappa shape index (κ3) is 5.26. The van der Waals surface area contributed by atoms with Gasteiger partial charge in [-0.2, -0.15) is 13.2 Å². The first-order valence-electron chi connectivity index (χ1n) is 8.33. The first-order chi connectivity index (χ1) is 11.9. The molecule has 0 radical (unpaired) electrons. The number of hydrogen-bond acceptors (Lipinski definition) is 4. The molecule has 1 aromatic rings. The van der Waals surface area contributed by atoms with Crippen molar-refractivity contribution in [1.82, 2.24) is 10.2 Å². The number of hydrogen-bond donors (Lipinski definition) is 1. The Morgan fingerprint density at radius 1 is 1.20 bits per heavy atom. The molecule has 1 fully saturated rings. The lowest BCUT2D eigenvalue weighted by Crippen LogP contribution is -2.41. The van der Waals surface area contributed by atoms with Crippen LogP contribution in [-0.2, 0) is 11.3 Å². The highest BCUT2D eigenvalue weighted by Crippen LogP contribution is 2.32. The molecule has 1 N–H and O–H groups in total. The maximum absolute atomic E-state index is 12.4. The highest BCUT2D eigenvalue weighted by molar-refractivity contribution is 5.78. The first kappa shape index (κ1) is 17.8. The molecule has 0 saturated carbocycles. The second-order valence-electron chi connectivity index (χ2n) is 6.50. The van der Waals surface area contributed by atoms with Gasteiger partial charge in [0.05, 0.1) is 6.54 Å². The Balaban J connectivity index is 1.39. The van der Waals surface area contributed by atoms with Crippen LogP contribution in [0.15, 0.2) is 18.2 Å². The fraction of sp³-hybridized carbons (Fsp3) is 0.588. The summed E-state index contributed by atoms with van der Waals surface area (Å²) >= 11 is 0. The third-order valence-corrected chi connectivity index (χ3v) is 4.52. The molecule has 2 heterocycles. The second-order valence-corrected chi connectivity index (χ2v) is 6.50. The topological polar surface area (TPSA) is 50.8 Å². The Morgan fingerprint density at radius 3 is 2.64 bits per heavy atom. The molecule has 0 atom stereocenters. The maximum atomic E-state index is 12.4. The van der Waals surface area contributed by atoms with E-state index in [-0.39, 0.29) is 25.2 Å². The molecule has 0 spiro atoms. The number of piperidine rings is 1. The van der Waals surface area contributed by atoms with Gasteiger partial charge in [0.25, 0.3) is 0 Å². The number of alkyl halides is 3. The lowest BCUT2D eigenvalue weighted by molar-refractivity contribution is -0.148. The van der Waals surface area contributed by atoms with Gasteiger partial charge in [-0.05, 0) is 49.5 Å². The monoisotopic (exact) mass is 358 g/mol. The van der Waals surface area contributed by atoms with Crippen molar-refractivity contribution in [2.24, 2.45) is 5.92 Å². The smallest absolute Gasteiger partial charge is 0.389 e. The van der Waals surface area contributed by atoms with Crippen molar-refractivity contribution in [3.8, 4) is 11.5 Å². The summed E-state index contributed by atoms with van der Waals surface area (Å²) in [6.07, 6.45) is -3.87. The van der Waals surface area contributed by atoms with Gasteiger partial charge in [0.2, 0.25) is 12.7 Å². The molecule has 2 aliphatic heterocycles. The molecular formula is C17H21F3N2O3. The summed E-state index contributed by atoms with van der Waals surface area (Å²) in [7, 11) is 0. The Kier molecular flexibility index (Phi) is 5.36. The van der Waals surface area contributed by atoms with Crippen LogP contribution in [0, 0.1) is 5.92 Å². The van der Waals surface area contributed by atoms with Crippen molar-refractivity contribution in [1.29, 1.82) is 0 Å². The summed E-state index contributed by atoms with van der Waals surface area (Å²) in [5.41, 5.74) is 0.904. The van der Waals surface area contributed by atoms with Gasteiger partial charge in [0.15, 0.2) is 11.5 Å². The quantitative estimate of drug-likeness (QED) is 0.879. The number of carbonyl (C=O) groups excluding carboxylic acids is 1. The zero-order valence-electron chi connectivity index (χ0n) is 13.8. The van der Waals surface area contributed by atoms with Gasteiger partial charge in [0.1, 0.15) is 0 Å². The summed E-state index contributed by atoms with van der Waals surface area (Å²) in [6, 6.07) is 5.48. The summed E-state index contributed by atoms with van der Waals surface area (Å²) in [4.78, 5) is 13.9. The molecule has 0 bridgehead atoms. The number of nitrogens with one attached hydrogen (secondary N) is 1. The molecule has 138 valence electrons. The van der Waals surface area contributed by atoms with E-state index in [2.05, 4.69) is 5.32 Å². The lowest BCUT2D eigenvalue weighted by atomic mass is 9.93. The van der Waals surface area contributed by atoms with Gasteiger partial charge >= 0.3 is 6.18 Å². The molecule has 1 aromatic carbocycles. The number of halogens is 3. The number of carbonyl (C=O) groups is 1. The highest BCUT2D eigenvalue weighted by Gasteiger charge is 2.33. The molecule has 0 aromatic heterocycles. The van der Waals surface area contributed by atoms with Crippen molar-refractivity contribution in [3.63, 3.8) is 0 Å². The van der Waals surface area contributed by atoms with Gasteiger partial charge in [-0.1, -0.05) is 6.07 Å². The molecular weight excluding hydrogens is 337 g/mol. The van der Waals surface area contributed by atoms with Gasteiger partial charge in [-0.3, -0.25) is 9.69 Å². The fourth-order valence-electron chi connectivity index (χ4n) is 3.19. The van der Waals surface area contributed by atoms with Crippen molar-refractivity contribution in [2.45, 2.75) is 32.0 Å². The highest BCUT2D eigenvalue weighted by atomic mass is 19.4. The van der Waals surface area contributed by atoms with Crippen LogP contribution in [0.1, 0.15) is 24.8 Å². The van der Waals surface area contributed by atoms with E-state index in [1.54, 1.807) is 6.07 Å². The molecule has 0 unspecified atom stereocenters. The summed E-state index contributed by atoms with van der Waals surface area (Å²) in [5.74, 6) is 0.898. The molecule has 3 rings (SSSR count). The number of amides is 1. The Labute approximate surface area is 144 Å². The molecule has 1 saturated heterocycles. The normalized spacial score (nSPS) is 18.4. The van der Waals surface area contributed by atoms with Gasteiger partial charge in [-0.25, -0.2) is 0 Å². The fourth-order valence-corrected chi connectivity index (χ4v) is 3.19. The van der Waals surface area contributed by atoms with Crippen LogP contribution in [0.3, 0.4) is 0 Å². The Bertz CT molecular complexity index is 614. The first-order valence-corrected chi connectivity index (χ1v) is 8.33. The van der Waals surface area contributed by atoms with E-state index in [9.17, 15) is 18.0 Å². The molecule has 8 heteroatoms. The van der Waals surface area contributed by atoms with Crippen LogP contribution >= 0.6 is 0 Å². The summed E-state index contributed by atoms with van der Waals surface area (Å²) < 4.78 is 47.7. The van der Waals surface area contributed by atoms with Gasteiger partial charge in [0, 0.05) is 13.0 Å². The third-order valence-electron chi connectivity index (χ3n) is 4.52. The SMILES string of the molecule is O=C(CN1CCC(CC(F)(F)F)CC1)NCc1ccc2c(c1)OCO2. The van der Waals surface area contributed by atoms with Crippen LogP contribution in [0.25, 0.3) is 0 Å². The average molecular weight is 358 g/mol. The molecule has 5 nitrogen and oxygen atoms in total. The van der Waals surface area contributed by atoms with E-state index < -0.39 is 12.6 Å². The van der Waals surface area contributed by atoms with Crippen LogP contribution in [-0.4, -0.2) is 43.4 Å². The zero-order chi connectivity index (χ0) is 17.9. The summed E-state index contributed by atoms with van der Waals surface area (Å²) in [5, 5.41) is 2.83. The van der Waals surface area contributed by atoms with E-state index in [4.69, 9.17) is 9.47 Å². The van der Waals surface area contributed by atoms with Crippen LogP contribution in [0.2, 0.25) is 0 Å². The maximum Gasteiger partial charge on any atom is 0.389 e. The van der Waals surface area contributed by atoms with Crippen molar-refractivity contribution in [2.75, 3.05) is 26.4 Å². The number of likely N-dealkylation sites (tertiary alicyclic amines) is 1. The zero-order valence-corrected chi connectivity index (χ0v) is 13.8. The van der Waals surface area contributed by atoms with E-state index in [0.717, 1.165) is 5.56 Å². The van der Waals surface area contributed by atoms with E-state index in [1.165, 1.54) is 0 Å². The second kappa shape index (κ2) is 7.51. The minimum absolute atomic E-state index is 0.132. The standard InChI is InChI=1S/C17H21F3N2O3/c18-17(19,20)8-12-3-5-22(6-4-12)10-16(23)21-9-13-1-2-14-15(7-13)25-11-24-14/h1-2,7,12H,3-6,8-11H2,(H,21,23).